The van der Waals surface area contributed by atoms with Gasteiger partial charge < -0.3 is 129 Å². The largest absolute Gasteiger partial charge is 1.00 e. The van der Waals surface area contributed by atoms with Crippen molar-refractivity contribution in [1.82, 2.24) is 0 Å². The van der Waals surface area contributed by atoms with Gasteiger partial charge in [-0.25, -0.2) is 60.3 Å². The van der Waals surface area contributed by atoms with Crippen LogP contribution in [0.25, 0.3) is 0 Å². The van der Waals surface area contributed by atoms with E-state index < -0.39 is 28.0 Å². The minimum Gasteiger partial charge on any atom is -1.00 e. The van der Waals surface area contributed by atoms with Crippen LogP contribution in [-0.4, -0.2) is 257 Å². The summed E-state index contributed by atoms with van der Waals surface area (Å²) in [6, 6.07) is 39.3. The number of anilines is 8. The molecule has 2 radical (unpaired) electrons. The number of amides is 4. The fourth-order valence-electron chi connectivity index (χ4n) is 10.7. The Morgan fingerprint density at radius 3 is 1.25 bits per heavy atom. The van der Waals surface area contributed by atoms with Crippen molar-refractivity contribution in [1.29, 1.82) is 0 Å². The Bertz CT molecular complexity index is 4970. The maximum Gasteiger partial charge on any atom is 1.00 e. The van der Waals surface area contributed by atoms with Gasteiger partial charge in [0, 0.05) is 83.6 Å². The number of halogens is 12. The number of rotatable bonds is 18. The Morgan fingerprint density at radius 1 is 0.504 bits per heavy atom. The van der Waals surface area contributed by atoms with Crippen molar-refractivity contribution in [3.63, 3.8) is 0 Å². The second-order valence-corrected chi connectivity index (χ2v) is 40.9. The van der Waals surface area contributed by atoms with E-state index in [2.05, 4.69) is 112 Å². The van der Waals surface area contributed by atoms with Crippen LogP contribution in [-0.2, 0) is 38.4 Å². The Hall–Kier alpha value is -5.60. The van der Waals surface area contributed by atoms with Crippen LogP contribution >= 0.6 is 141 Å². The monoisotopic (exact) mass is 2350 g/mol. The average molecular weight is 2360 g/mol. The maximum atomic E-state index is 11.5. The Morgan fingerprint density at radius 2 is 0.849 bits per heavy atom. The number of nitrogens with zero attached hydrogens (tertiary/aromatic N) is 4. The quantitative estimate of drug-likeness (QED) is 0.00509. The SMILES string of the molecule is CC(=O)Cl.CI.COc1cc2c(cc1C(C)=O)N(C)CCO2.COc1cc2c(cc1C(C)C)N(C)CCO2.COc1ccc(N)c(OC)c1.COc1ccc(NC(=O)CCl)c(O)c1.COc1ccc(NC(=O)CCl)c(OC)c1.COc1ccc2c(c1)OCC(=O)N2.COc1ccc2c(c1)OCC(=O)N2C.COc1ccc2c(c1)OCCN2C.O=C(Cl)CCl.O=CO[O-].[B]C.[Cl][Al]([Cl])[Cl].[Cl][Al]([Cl])[Cl].[H-].[K+].[K+]. The van der Waals surface area contributed by atoms with Gasteiger partial charge >= 0.3 is 126 Å². The Balaban J connectivity index is -0.000000478. The summed E-state index contributed by atoms with van der Waals surface area (Å²) in [7, 11) is 57.9. The molecule has 0 atom stereocenters. The van der Waals surface area contributed by atoms with Crippen LogP contribution < -0.4 is 220 Å². The number of carbonyl (C=O) groups excluding carboxylic acids is 8. The molecule has 51 heteroatoms. The van der Waals surface area contributed by atoms with Crippen molar-refractivity contribution < 1.29 is 229 Å². The molecule has 5 heterocycles. The van der Waals surface area contributed by atoms with Crippen molar-refractivity contribution in [2.75, 3.05) is 216 Å². The summed E-state index contributed by atoms with van der Waals surface area (Å²) in [6.45, 7) is 13.5. The fraction of sp³-hybridized carbons (Fsp3) is 0.364. The summed E-state index contributed by atoms with van der Waals surface area (Å²) < 4.78 is 77.9. The van der Waals surface area contributed by atoms with Gasteiger partial charge in [-0.2, -0.15) is 0 Å². The number of benzene rings is 8. The number of hydrogen-bond donors (Lipinski definition) is 5. The van der Waals surface area contributed by atoms with Crippen molar-refractivity contribution in [2.24, 2.45) is 0 Å². The number of aromatic hydroxyl groups is 1. The number of carbonyl (C=O) groups is 8. The van der Waals surface area contributed by atoms with Gasteiger partial charge in [0.15, 0.2) is 19.0 Å². The Labute approximate surface area is 972 Å². The first-order valence-electron chi connectivity index (χ1n) is 39.7. The molecule has 34 nitrogen and oxygen atoms in total. The summed E-state index contributed by atoms with van der Waals surface area (Å²) in [5.41, 5.74) is 13.6. The van der Waals surface area contributed by atoms with E-state index in [0.717, 1.165) is 102 Å². The zero-order valence-corrected chi connectivity index (χ0v) is 100.0. The first-order valence-corrected chi connectivity index (χ1v) is 54.7. The average Bonchev–Trinajstić information content (AvgIpc) is 0.800. The third-order valence-corrected chi connectivity index (χ3v) is 18.1. The van der Waals surface area contributed by atoms with Gasteiger partial charge in [-0.1, -0.05) is 43.3 Å². The first kappa shape index (κ1) is 140. The van der Waals surface area contributed by atoms with Gasteiger partial charge in [0.2, 0.25) is 22.3 Å². The smallest absolute Gasteiger partial charge is 1.00 e. The molecule has 756 valence electrons. The van der Waals surface area contributed by atoms with E-state index in [1.807, 2.05) is 48.4 Å². The number of likely N-dealkylation sites (N-methyl/N-ethyl adjacent to an activating group) is 4. The second kappa shape index (κ2) is 81.6. The minimum absolute atomic E-state index is 0. The van der Waals surface area contributed by atoms with E-state index in [4.69, 9.17) is 194 Å². The molecule has 0 saturated carbocycles. The number of ketones is 1. The number of hydrogen-bond acceptors (Lipinski definition) is 30. The summed E-state index contributed by atoms with van der Waals surface area (Å²) >= 11 is 23.6. The maximum absolute atomic E-state index is 11.5. The number of nitrogen functional groups attached to an aromatic ring is 1. The normalized spacial score (nSPS) is 11.3. The predicted octanol–water partition coefficient (Wildman–Crippen LogP) is 11.7. The molecule has 0 unspecified atom stereocenters. The van der Waals surface area contributed by atoms with Gasteiger partial charge in [-0.05, 0) is 131 Å². The van der Waals surface area contributed by atoms with E-state index in [-0.39, 0.29) is 182 Å². The second-order valence-electron chi connectivity index (χ2n) is 26.3. The molecular formula is C88H113Al2BCl11IK2N8O26. The van der Waals surface area contributed by atoms with Gasteiger partial charge in [-0.3, -0.25) is 38.4 Å². The van der Waals surface area contributed by atoms with Crippen molar-refractivity contribution in [2.45, 2.75) is 40.4 Å². The molecule has 6 N–H and O–H groups in total. The number of fused-ring (bicyclic) bond motifs is 5. The molecule has 5 aliphatic rings. The first-order chi connectivity index (χ1) is 65.1. The van der Waals surface area contributed by atoms with E-state index in [1.54, 1.807) is 154 Å². The molecule has 139 heavy (non-hydrogen) atoms. The summed E-state index contributed by atoms with van der Waals surface area (Å²) in [5.74, 6) is 10.1. The molecule has 4 amide bonds. The van der Waals surface area contributed by atoms with Gasteiger partial charge in [0.25, 0.3) is 18.3 Å². The van der Waals surface area contributed by atoms with E-state index in [1.165, 1.54) is 46.5 Å². The van der Waals surface area contributed by atoms with Crippen LogP contribution in [0.3, 0.4) is 0 Å². The number of methoxy groups -OCH3 is 10. The predicted molar refractivity (Wildman–Crippen MR) is 560 cm³/mol. The van der Waals surface area contributed by atoms with Gasteiger partial charge in [-0.15, -0.1) is 34.8 Å². The zero-order valence-electron chi connectivity index (χ0n) is 81.9. The molecule has 0 aromatic heterocycles. The van der Waals surface area contributed by atoms with Crippen molar-refractivity contribution in [3.8, 4) is 92.0 Å². The standard InChI is InChI=1S/C13H19NO2.C12H15NO3.C10H12ClNO3.C10H11NO3.C10H13NO2.C9H10ClNO3.C9H9NO3.C8H11NO2.C2H2Cl2O.C2H3ClO.CH3B.CH3I.CH2O3.2Al.6ClH.2K.H/c1-9(2)10-7-11-13(8-12(10)15-4)16-6-5-14(11)3;1-8(14)9-6-10-12(7-11(9)15-3)16-5-4-13(10)2;1-14-7-3-4-8(9(5-7)15-2)12-10(13)6-11;1-11-8-4-3-7(13-2)5-9(8)14-6-10(11)12;1-11-5-6-13-10-7-8(12-2)3-4-9(10)11;1-14-6-2-3-7(8(12)4-6)11-9(13)5-10;1-12-6-2-3-7-8(4-6)13-5-9(11)10-7;1-10-6-3-4-7(9)8(5-6)11-2;3-1-2(4)5;1-2(3)4;2*1-2;2-1-4-3;;;;;;;;;;;/h7-9H,5-6H2,1-4H3;6-7H,4-5H2,1-3H3;3-5H,6H2,1-2H3,(H,12,13);3-5H,6H2,1-2H3;3-4,7H,5-6H2,1-2H3;2-4,12H,5H2,1H3,(H,11,13);2-4H,5H2,1H3,(H,10,11);3-5H,9H2,1-2H3;1H2;1H3;2*1H3;1,3H;;;6*1H;;;/q;;;;;;;;;;;;;2*+3;;;;;;;2*+1;-1/p-7. The number of nitrogens with one attached hydrogen (secondary N) is 3. The van der Waals surface area contributed by atoms with Crippen LogP contribution in [0.2, 0.25) is 6.82 Å². The topological polar surface area (TPSA) is 403 Å². The van der Waals surface area contributed by atoms with Crippen molar-refractivity contribution in [3.05, 3.63) is 145 Å². The molecule has 8 aromatic rings. The molecule has 0 spiro atoms. The molecule has 0 fully saturated rings. The van der Waals surface area contributed by atoms with E-state index in [9.17, 15) is 38.7 Å². The number of phenols is 1. The molecule has 13 rings (SSSR count). The number of phenolic OH excluding ortho intramolecular Hbond substituents is 1. The van der Waals surface area contributed by atoms with Gasteiger partial charge in [0.1, 0.15) is 124 Å². The van der Waals surface area contributed by atoms with E-state index in [0.29, 0.717) is 81.1 Å². The molecule has 0 saturated heterocycles. The molecule has 8 aromatic carbocycles. The molecular weight excluding hydrogens is 2240 g/mol. The summed E-state index contributed by atoms with van der Waals surface area (Å²) in [5, 5.41) is 24.7. The van der Waals surface area contributed by atoms with Crippen LogP contribution in [0.4, 0.5) is 45.5 Å². The Kier molecular flexibility index (Phi) is 82.0. The number of ether oxygens (including phenoxy) is 15. The van der Waals surface area contributed by atoms with Crippen LogP contribution in [0.5, 0.6) is 92.0 Å². The summed E-state index contributed by atoms with van der Waals surface area (Å²) in [4.78, 5) is 95.6. The number of Topliss-reactive ketones (excluding diaryl/α,β-unsaturated/α-hetero) is 1. The zero-order chi connectivity index (χ0) is 105. The van der Waals surface area contributed by atoms with Crippen LogP contribution in [0, 0.1) is 0 Å². The third kappa shape index (κ3) is 56.6. The van der Waals surface area contributed by atoms with Crippen molar-refractivity contribution >= 4 is 263 Å². The molecule has 0 aliphatic carbocycles. The molecule has 5 aliphatic heterocycles. The number of alkyl halides is 4. The van der Waals surface area contributed by atoms with Crippen LogP contribution in [0.1, 0.15) is 51.0 Å². The van der Waals surface area contributed by atoms with E-state index >= 15 is 0 Å². The summed E-state index contributed by atoms with van der Waals surface area (Å²) in [6.07, 6.45) is 0. The minimum atomic E-state index is -1.72. The third-order valence-electron chi connectivity index (χ3n) is 17.1. The fourth-order valence-corrected chi connectivity index (χ4v) is 10.8. The molecule has 0 bridgehead atoms. The van der Waals surface area contributed by atoms with Crippen LogP contribution in [0.15, 0.2) is 133 Å². The van der Waals surface area contributed by atoms with Gasteiger partial charge in [0.05, 0.1) is 156 Å². The number of nitrogens with two attached hydrogens (primary N) is 1.